The van der Waals surface area contributed by atoms with Crippen LogP contribution in [0.15, 0.2) is 9.57 Å². The molecule has 0 aliphatic rings. The second-order valence-corrected chi connectivity index (χ2v) is 6.78. The number of rotatable bonds is 8. The summed E-state index contributed by atoms with van der Waals surface area (Å²) < 4.78 is 11.8. The van der Waals surface area contributed by atoms with Crippen molar-refractivity contribution in [2.45, 2.75) is 38.9 Å². The number of hydrogen-bond donors (Lipinski definition) is 2. The molecule has 11 nitrogen and oxygen atoms in total. The smallest absolute Gasteiger partial charge is 0.344 e. The number of nitrogens with one attached hydrogen (secondary N) is 1. The average Bonchev–Trinajstić information content (AvgIpc) is 3.18. The summed E-state index contributed by atoms with van der Waals surface area (Å²) in [6, 6.07) is 1.06. The van der Waals surface area contributed by atoms with Gasteiger partial charge in [0.2, 0.25) is 17.7 Å². The lowest BCUT2D eigenvalue weighted by Gasteiger charge is -2.15. The van der Waals surface area contributed by atoms with Gasteiger partial charge in [-0.15, -0.1) is 10.2 Å². The third-order valence-corrected chi connectivity index (χ3v) is 4.69. The summed E-state index contributed by atoms with van der Waals surface area (Å²) in [4.78, 5) is 37.1. The molecule has 12 heteroatoms. The molecule has 29 heavy (non-hydrogen) atoms. The Morgan fingerprint density at radius 1 is 1.38 bits per heavy atom. The van der Waals surface area contributed by atoms with Crippen molar-refractivity contribution in [2.24, 2.45) is 0 Å². The standard InChI is InChI=1S/C17H20N6O5S/c1-5-27-15(26)12-11(9(3)24)10(4)28-14(12)20-13(25)8(2)23-16(19)21-22-17(23)29-7-6-18/h8H,5,7H2,1-4H3,(H2,19,21)(H,20,25). The molecule has 2 rings (SSSR count). The van der Waals surface area contributed by atoms with E-state index in [4.69, 9.17) is 20.1 Å². The second kappa shape index (κ2) is 9.24. The van der Waals surface area contributed by atoms with E-state index < -0.39 is 23.7 Å². The number of ketones is 1. The van der Waals surface area contributed by atoms with Gasteiger partial charge in [-0.1, -0.05) is 11.8 Å². The van der Waals surface area contributed by atoms with Crippen LogP contribution < -0.4 is 11.1 Å². The summed E-state index contributed by atoms with van der Waals surface area (Å²) in [6.07, 6.45) is 0. The first-order valence-electron chi connectivity index (χ1n) is 8.55. The van der Waals surface area contributed by atoms with Crippen molar-refractivity contribution in [1.29, 1.82) is 5.26 Å². The lowest BCUT2D eigenvalue weighted by atomic mass is 10.1. The Morgan fingerprint density at radius 2 is 2.07 bits per heavy atom. The van der Waals surface area contributed by atoms with E-state index in [2.05, 4.69) is 15.5 Å². The minimum Gasteiger partial charge on any atom is -0.462 e. The fourth-order valence-corrected chi connectivity index (χ4v) is 3.32. The fourth-order valence-electron chi connectivity index (χ4n) is 2.64. The minimum atomic E-state index is -0.896. The molecule has 0 aliphatic carbocycles. The first-order valence-corrected chi connectivity index (χ1v) is 9.53. The monoisotopic (exact) mass is 420 g/mol. The number of aromatic nitrogens is 3. The lowest BCUT2D eigenvalue weighted by Crippen LogP contribution is -2.26. The number of nitrogen functional groups attached to an aromatic ring is 1. The number of amides is 1. The predicted molar refractivity (Wildman–Crippen MR) is 104 cm³/mol. The molecule has 0 spiro atoms. The summed E-state index contributed by atoms with van der Waals surface area (Å²) in [7, 11) is 0. The van der Waals surface area contributed by atoms with Crippen LogP contribution >= 0.6 is 11.8 Å². The van der Waals surface area contributed by atoms with E-state index in [0.717, 1.165) is 11.8 Å². The normalized spacial score (nSPS) is 11.6. The van der Waals surface area contributed by atoms with Crippen molar-refractivity contribution in [3.8, 4) is 6.07 Å². The zero-order valence-corrected chi connectivity index (χ0v) is 17.1. The number of carbonyl (C=O) groups is 3. The number of furan rings is 1. The highest BCUT2D eigenvalue weighted by molar-refractivity contribution is 7.99. The zero-order chi connectivity index (χ0) is 21.7. The molecule has 1 amide bonds. The summed E-state index contributed by atoms with van der Waals surface area (Å²) in [5, 5.41) is 19.1. The maximum Gasteiger partial charge on any atom is 0.344 e. The van der Waals surface area contributed by atoms with Crippen molar-refractivity contribution in [3.63, 3.8) is 0 Å². The van der Waals surface area contributed by atoms with E-state index in [9.17, 15) is 14.4 Å². The molecule has 0 bridgehead atoms. The van der Waals surface area contributed by atoms with Gasteiger partial charge in [0.15, 0.2) is 10.9 Å². The number of nitrogens with two attached hydrogens (primary N) is 1. The van der Waals surface area contributed by atoms with Gasteiger partial charge in [0.1, 0.15) is 17.4 Å². The van der Waals surface area contributed by atoms with Gasteiger partial charge in [-0.25, -0.2) is 4.79 Å². The van der Waals surface area contributed by atoms with Gasteiger partial charge in [-0.3, -0.25) is 19.5 Å². The number of hydrogen-bond acceptors (Lipinski definition) is 10. The Kier molecular flexibility index (Phi) is 7.00. The molecule has 0 aromatic carbocycles. The van der Waals surface area contributed by atoms with Gasteiger partial charge in [-0.2, -0.15) is 5.26 Å². The summed E-state index contributed by atoms with van der Waals surface area (Å²) in [5.41, 5.74) is 5.70. The predicted octanol–water partition coefficient (Wildman–Crippen LogP) is 1.96. The maximum atomic E-state index is 12.8. The molecule has 2 heterocycles. The Hall–Kier alpha value is -3.33. The summed E-state index contributed by atoms with van der Waals surface area (Å²) in [6.45, 7) is 6.03. The highest BCUT2D eigenvalue weighted by Gasteiger charge is 2.30. The molecule has 0 saturated heterocycles. The van der Waals surface area contributed by atoms with Crippen molar-refractivity contribution in [2.75, 3.05) is 23.4 Å². The van der Waals surface area contributed by atoms with Gasteiger partial charge >= 0.3 is 5.97 Å². The summed E-state index contributed by atoms with van der Waals surface area (Å²) >= 11 is 1.07. The van der Waals surface area contributed by atoms with Crippen LogP contribution in [0.3, 0.4) is 0 Å². The molecule has 0 fully saturated rings. The van der Waals surface area contributed by atoms with Gasteiger partial charge in [0.25, 0.3) is 0 Å². The Labute approximate surface area is 170 Å². The molecule has 0 saturated carbocycles. The molecule has 0 radical (unpaired) electrons. The van der Waals surface area contributed by atoms with E-state index in [1.165, 1.54) is 25.3 Å². The van der Waals surface area contributed by atoms with Crippen molar-refractivity contribution in [3.05, 3.63) is 16.9 Å². The highest BCUT2D eigenvalue weighted by atomic mass is 32.2. The van der Waals surface area contributed by atoms with Crippen LogP contribution in [0.2, 0.25) is 0 Å². The molecule has 154 valence electrons. The zero-order valence-electron chi connectivity index (χ0n) is 16.3. The number of anilines is 2. The number of carbonyl (C=O) groups excluding carboxylic acids is 3. The van der Waals surface area contributed by atoms with Crippen LogP contribution in [-0.4, -0.2) is 44.8 Å². The Balaban J connectivity index is 2.37. The quantitative estimate of drug-likeness (QED) is 0.366. The topological polar surface area (TPSA) is 166 Å². The van der Waals surface area contributed by atoms with E-state index in [0.29, 0.717) is 0 Å². The lowest BCUT2D eigenvalue weighted by molar-refractivity contribution is -0.119. The van der Waals surface area contributed by atoms with Crippen molar-refractivity contribution < 1.29 is 23.5 Å². The molecular weight excluding hydrogens is 400 g/mol. The number of Topliss-reactive ketones (excluding diaryl/α,β-unsaturated/α-hetero) is 1. The highest BCUT2D eigenvalue weighted by Crippen LogP contribution is 2.30. The van der Waals surface area contributed by atoms with Crippen LogP contribution in [-0.2, 0) is 9.53 Å². The molecule has 3 N–H and O–H groups in total. The first kappa shape index (κ1) is 22.0. The van der Waals surface area contributed by atoms with E-state index in [-0.39, 0.29) is 46.2 Å². The molecule has 0 aliphatic heterocycles. The minimum absolute atomic E-state index is 0.0150. The van der Waals surface area contributed by atoms with Gasteiger partial charge in [0, 0.05) is 0 Å². The Morgan fingerprint density at radius 3 is 2.66 bits per heavy atom. The Bertz CT molecular complexity index is 989. The third-order valence-electron chi connectivity index (χ3n) is 3.88. The van der Waals surface area contributed by atoms with Crippen LogP contribution in [0, 0.1) is 18.3 Å². The maximum absolute atomic E-state index is 12.8. The van der Waals surface area contributed by atoms with Crippen LogP contribution in [0.25, 0.3) is 0 Å². The van der Waals surface area contributed by atoms with Crippen LogP contribution in [0.1, 0.15) is 53.3 Å². The second-order valence-electron chi connectivity index (χ2n) is 5.84. The van der Waals surface area contributed by atoms with E-state index >= 15 is 0 Å². The number of nitrogens with zero attached hydrogens (tertiary/aromatic N) is 4. The third kappa shape index (κ3) is 4.57. The van der Waals surface area contributed by atoms with Gasteiger partial charge in [0.05, 0.1) is 24.0 Å². The summed E-state index contributed by atoms with van der Waals surface area (Å²) in [5.74, 6) is -1.71. The molecular formula is C17H20N6O5S. The molecule has 1 unspecified atom stereocenters. The number of esters is 1. The van der Waals surface area contributed by atoms with Gasteiger partial charge < -0.3 is 14.9 Å². The van der Waals surface area contributed by atoms with Crippen LogP contribution in [0.5, 0.6) is 0 Å². The number of aryl methyl sites for hydroxylation is 1. The first-order chi connectivity index (χ1) is 13.7. The largest absolute Gasteiger partial charge is 0.462 e. The number of ether oxygens (including phenoxy) is 1. The van der Waals surface area contributed by atoms with Gasteiger partial charge in [-0.05, 0) is 27.7 Å². The average molecular weight is 420 g/mol. The number of thioether (sulfide) groups is 1. The molecule has 1 atom stereocenters. The van der Waals surface area contributed by atoms with Crippen molar-refractivity contribution >= 4 is 41.3 Å². The fraction of sp³-hybridized carbons (Fsp3) is 0.412. The molecule has 2 aromatic rings. The van der Waals surface area contributed by atoms with E-state index in [1.807, 2.05) is 6.07 Å². The van der Waals surface area contributed by atoms with E-state index in [1.54, 1.807) is 6.92 Å². The molecule has 2 aromatic heterocycles. The van der Waals surface area contributed by atoms with Crippen molar-refractivity contribution in [1.82, 2.24) is 14.8 Å². The number of nitriles is 1. The van der Waals surface area contributed by atoms with Crippen LogP contribution in [0.4, 0.5) is 11.8 Å². The SMILES string of the molecule is CCOC(=O)c1c(NC(=O)C(C)n2c(N)nnc2SCC#N)oc(C)c1C(C)=O.